The van der Waals surface area contributed by atoms with Crippen LogP contribution >= 0.6 is 12.6 Å². The van der Waals surface area contributed by atoms with Crippen LogP contribution in [0.4, 0.5) is 0 Å². The minimum absolute atomic E-state index is 0.194. The molecule has 3 N–H and O–H groups in total. The van der Waals surface area contributed by atoms with Gasteiger partial charge < -0.3 is 15.5 Å². The summed E-state index contributed by atoms with van der Waals surface area (Å²) in [7, 11) is 0. The van der Waals surface area contributed by atoms with E-state index in [0.29, 0.717) is 18.6 Å². The lowest BCUT2D eigenvalue weighted by Gasteiger charge is -2.29. The van der Waals surface area contributed by atoms with Crippen LogP contribution in [0, 0.1) is 0 Å². The fraction of sp³-hybridized carbons (Fsp3) is 0.875. The van der Waals surface area contributed by atoms with Crippen LogP contribution in [0.15, 0.2) is 0 Å². The minimum Gasteiger partial charge on any atom is -0.394 e. The fourth-order valence-corrected chi connectivity index (χ4v) is 1.10. The van der Waals surface area contributed by atoms with E-state index in [9.17, 15) is 4.79 Å². The number of nitrogens with one attached hydrogen (secondary N) is 1. The van der Waals surface area contributed by atoms with Gasteiger partial charge in [0.05, 0.1) is 18.8 Å². The first-order valence-electron chi connectivity index (χ1n) is 4.27. The van der Waals surface area contributed by atoms with Crippen molar-refractivity contribution >= 4 is 18.5 Å². The Balaban J connectivity index is 4.16. The SMILES string of the molecule is CCC(CO)(CO)NC(=O)CCS. The average Bonchev–Trinajstić information content (AvgIpc) is 2.15. The molecule has 0 saturated heterocycles. The van der Waals surface area contributed by atoms with Gasteiger partial charge in [-0.05, 0) is 12.2 Å². The Morgan fingerprint density at radius 3 is 2.31 bits per heavy atom. The van der Waals surface area contributed by atoms with Crippen LogP contribution in [0.2, 0.25) is 0 Å². The van der Waals surface area contributed by atoms with Gasteiger partial charge in [-0.25, -0.2) is 0 Å². The maximum absolute atomic E-state index is 11.2. The maximum Gasteiger partial charge on any atom is 0.221 e. The van der Waals surface area contributed by atoms with Crippen molar-refractivity contribution in [3.63, 3.8) is 0 Å². The predicted octanol–water partition coefficient (Wildman–Crippen LogP) is -0.444. The Hall–Kier alpha value is -0.260. The monoisotopic (exact) mass is 207 g/mol. The number of amides is 1. The van der Waals surface area contributed by atoms with E-state index < -0.39 is 5.54 Å². The zero-order chi connectivity index (χ0) is 10.3. The standard InChI is InChI=1S/C8H17NO3S/c1-2-8(5-10,6-11)9-7(12)3-4-13/h10-11,13H,2-6H2,1H3,(H,9,12). The van der Waals surface area contributed by atoms with E-state index in [4.69, 9.17) is 10.2 Å². The van der Waals surface area contributed by atoms with E-state index in [1.54, 1.807) is 6.92 Å². The summed E-state index contributed by atoms with van der Waals surface area (Å²) in [6.45, 7) is 1.30. The maximum atomic E-state index is 11.2. The van der Waals surface area contributed by atoms with Crippen molar-refractivity contribution in [2.45, 2.75) is 25.3 Å². The molecule has 0 bridgehead atoms. The molecule has 78 valence electrons. The lowest BCUT2D eigenvalue weighted by molar-refractivity contribution is -0.124. The average molecular weight is 207 g/mol. The van der Waals surface area contributed by atoms with Gasteiger partial charge in [-0.2, -0.15) is 12.6 Å². The Kier molecular flexibility index (Phi) is 6.11. The lowest BCUT2D eigenvalue weighted by atomic mass is 9.98. The van der Waals surface area contributed by atoms with Crippen LogP contribution in [0.1, 0.15) is 19.8 Å². The number of aliphatic hydroxyl groups is 2. The second-order valence-corrected chi connectivity index (χ2v) is 3.42. The number of hydrogen-bond acceptors (Lipinski definition) is 4. The molecule has 0 aliphatic rings. The molecule has 0 aromatic carbocycles. The third kappa shape index (κ3) is 3.97. The number of aliphatic hydroxyl groups excluding tert-OH is 2. The molecule has 0 aliphatic carbocycles. The quantitative estimate of drug-likeness (QED) is 0.446. The number of rotatable bonds is 6. The van der Waals surface area contributed by atoms with Crippen molar-refractivity contribution in [2.75, 3.05) is 19.0 Å². The highest BCUT2D eigenvalue weighted by molar-refractivity contribution is 7.80. The molecule has 4 nitrogen and oxygen atoms in total. The molecule has 0 spiro atoms. The summed E-state index contributed by atoms with van der Waals surface area (Å²) in [4.78, 5) is 11.2. The minimum atomic E-state index is -0.875. The van der Waals surface area contributed by atoms with Crippen LogP contribution in [-0.2, 0) is 4.79 Å². The molecule has 0 unspecified atom stereocenters. The second-order valence-electron chi connectivity index (χ2n) is 2.97. The van der Waals surface area contributed by atoms with Crippen LogP contribution in [-0.4, -0.2) is 40.6 Å². The molecular weight excluding hydrogens is 190 g/mol. The number of hydrogen-bond donors (Lipinski definition) is 4. The van der Waals surface area contributed by atoms with Crippen LogP contribution in [0.5, 0.6) is 0 Å². The van der Waals surface area contributed by atoms with Crippen molar-refractivity contribution in [3.8, 4) is 0 Å². The van der Waals surface area contributed by atoms with Gasteiger partial charge in [0, 0.05) is 6.42 Å². The predicted molar refractivity (Wildman–Crippen MR) is 53.8 cm³/mol. The molecule has 0 fully saturated rings. The summed E-state index contributed by atoms with van der Waals surface area (Å²) in [5.74, 6) is 0.266. The van der Waals surface area contributed by atoms with E-state index >= 15 is 0 Å². The third-order valence-corrected chi connectivity index (χ3v) is 2.25. The summed E-state index contributed by atoms with van der Waals surface area (Å²) >= 11 is 3.91. The highest BCUT2D eigenvalue weighted by Gasteiger charge is 2.27. The van der Waals surface area contributed by atoms with Gasteiger partial charge in [-0.3, -0.25) is 4.79 Å². The first-order valence-corrected chi connectivity index (χ1v) is 4.91. The summed E-state index contributed by atoms with van der Waals surface area (Å²) in [6.07, 6.45) is 0.795. The molecule has 0 saturated carbocycles. The lowest BCUT2D eigenvalue weighted by Crippen LogP contribution is -2.53. The molecule has 0 aromatic rings. The van der Waals surface area contributed by atoms with Crippen LogP contribution in [0.25, 0.3) is 0 Å². The molecule has 13 heavy (non-hydrogen) atoms. The van der Waals surface area contributed by atoms with Crippen molar-refractivity contribution in [1.29, 1.82) is 0 Å². The van der Waals surface area contributed by atoms with E-state index in [-0.39, 0.29) is 19.1 Å². The van der Waals surface area contributed by atoms with Crippen LogP contribution < -0.4 is 5.32 Å². The summed E-state index contributed by atoms with van der Waals surface area (Å²) in [5.41, 5.74) is -0.875. The number of carbonyl (C=O) groups is 1. The Morgan fingerprint density at radius 1 is 1.46 bits per heavy atom. The van der Waals surface area contributed by atoms with Crippen molar-refractivity contribution in [2.24, 2.45) is 0 Å². The molecule has 0 aliphatic heterocycles. The largest absolute Gasteiger partial charge is 0.394 e. The zero-order valence-electron chi connectivity index (χ0n) is 7.79. The number of carbonyl (C=O) groups excluding carboxylic acids is 1. The Morgan fingerprint density at radius 2 is 2.00 bits per heavy atom. The normalized spacial score (nSPS) is 11.4. The van der Waals surface area contributed by atoms with E-state index in [1.807, 2.05) is 0 Å². The first-order chi connectivity index (χ1) is 6.14. The van der Waals surface area contributed by atoms with Gasteiger partial charge in [-0.1, -0.05) is 6.92 Å². The third-order valence-electron chi connectivity index (χ3n) is 2.03. The van der Waals surface area contributed by atoms with Crippen molar-refractivity contribution < 1.29 is 15.0 Å². The molecule has 0 radical (unpaired) electrons. The highest BCUT2D eigenvalue weighted by atomic mass is 32.1. The number of thiol groups is 1. The molecular formula is C8H17NO3S. The van der Waals surface area contributed by atoms with Gasteiger partial charge in [0.15, 0.2) is 0 Å². The molecule has 0 aromatic heterocycles. The van der Waals surface area contributed by atoms with E-state index in [0.717, 1.165) is 0 Å². The summed E-state index contributed by atoms with van der Waals surface area (Å²) in [6, 6.07) is 0. The topological polar surface area (TPSA) is 69.6 Å². The molecule has 0 atom stereocenters. The van der Waals surface area contributed by atoms with Gasteiger partial charge >= 0.3 is 0 Å². The second kappa shape index (κ2) is 6.23. The van der Waals surface area contributed by atoms with Gasteiger partial charge in [0.2, 0.25) is 5.91 Å². The summed E-state index contributed by atoms with van der Waals surface area (Å²) < 4.78 is 0. The van der Waals surface area contributed by atoms with Crippen LogP contribution in [0.3, 0.4) is 0 Å². The molecule has 1 amide bonds. The Labute approximate surface area is 83.7 Å². The van der Waals surface area contributed by atoms with E-state index in [2.05, 4.69) is 17.9 Å². The fourth-order valence-electron chi connectivity index (χ4n) is 0.901. The smallest absolute Gasteiger partial charge is 0.221 e. The van der Waals surface area contributed by atoms with Crippen molar-refractivity contribution in [3.05, 3.63) is 0 Å². The summed E-state index contributed by atoms with van der Waals surface area (Å²) in [5, 5.41) is 20.6. The zero-order valence-corrected chi connectivity index (χ0v) is 8.68. The van der Waals surface area contributed by atoms with Crippen molar-refractivity contribution in [1.82, 2.24) is 5.32 Å². The van der Waals surface area contributed by atoms with Gasteiger partial charge in [-0.15, -0.1) is 0 Å². The van der Waals surface area contributed by atoms with Gasteiger partial charge in [0.1, 0.15) is 0 Å². The molecule has 5 heteroatoms. The highest BCUT2D eigenvalue weighted by Crippen LogP contribution is 2.08. The van der Waals surface area contributed by atoms with Gasteiger partial charge in [0.25, 0.3) is 0 Å². The molecule has 0 heterocycles. The Bertz CT molecular complexity index is 151. The molecule has 0 rings (SSSR count). The van der Waals surface area contributed by atoms with E-state index in [1.165, 1.54) is 0 Å². The first kappa shape index (κ1) is 12.7.